The van der Waals surface area contributed by atoms with Crippen LogP contribution in [0.3, 0.4) is 0 Å². The number of carboxylic acids is 2. The van der Waals surface area contributed by atoms with Gasteiger partial charge in [-0.1, -0.05) is 6.92 Å². The molecule has 3 aromatic rings. The van der Waals surface area contributed by atoms with Crippen LogP contribution in [0.1, 0.15) is 105 Å². The number of carboxylic acid groups (broad SMARTS) is 2. The summed E-state index contributed by atoms with van der Waals surface area (Å²) in [7, 11) is 0. The maximum Gasteiger partial charge on any atom is 1.00 e. The summed E-state index contributed by atoms with van der Waals surface area (Å²) in [5.74, 6) is -1.78. The summed E-state index contributed by atoms with van der Waals surface area (Å²) in [5.41, 5.74) is 13.6. The number of aromatic amines is 2. The van der Waals surface area contributed by atoms with Crippen LogP contribution in [0.15, 0.2) is 24.3 Å². The first kappa shape index (κ1) is 33.4. The van der Waals surface area contributed by atoms with Crippen molar-refractivity contribution in [2.45, 2.75) is 79.8 Å². The Morgan fingerprint density at radius 1 is 0.727 bits per heavy atom. The van der Waals surface area contributed by atoms with Crippen LogP contribution in [-0.2, 0) is 16.0 Å². The molecule has 0 fully saturated rings. The Hall–Kier alpha value is -3.50. The van der Waals surface area contributed by atoms with Gasteiger partial charge in [-0.15, -0.1) is 0 Å². The topological polar surface area (TPSA) is 152 Å². The van der Waals surface area contributed by atoms with Gasteiger partial charge in [-0.25, -0.2) is 9.97 Å². The second-order valence-corrected chi connectivity index (χ2v) is 11.4. The number of H-pyrrole nitrogens is 2. The third-order valence-corrected chi connectivity index (χ3v) is 8.67. The second-order valence-electron chi connectivity index (χ2n) is 11.4. The summed E-state index contributed by atoms with van der Waals surface area (Å²) in [4.78, 5) is 40.1. The molecule has 0 saturated heterocycles. The molecule has 8 bridgehead atoms. The van der Waals surface area contributed by atoms with E-state index in [1.165, 1.54) is 0 Å². The minimum Gasteiger partial charge on any atom is -0.481 e. The number of fused-ring (bicyclic) bond motifs is 8. The number of nitrogens with one attached hydrogen (secondary N) is 2. The van der Waals surface area contributed by atoms with Crippen molar-refractivity contribution in [2.75, 3.05) is 0 Å². The molecule has 10 heteroatoms. The van der Waals surface area contributed by atoms with Gasteiger partial charge in [-0.2, -0.15) is 0 Å². The normalized spacial score (nSPS) is 13.7. The van der Waals surface area contributed by atoms with E-state index < -0.39 is 18.0 Å². The van der Waals surface area contributed by atoms with E-state index in [1.54, 1.807) is 6.92 Å². The number of hydrogen-bond donors (Lipinski definition) is 5. The molecule has 0 amide bonds. The molecule has 44 heavy (non-hydrogen) atoms. The van der Waals surface area contributed by atoms with Gasteiger partial charge in [0.05, 0.1) is 28.9 Å². The number of aromatic nitrogens is 4. The fourth-order valence-corrected chi connectivity index (χ4v) is 6.27. The zero-order chi connectivity index (χ0) is 31.2. The first-order valence-corrected chi connectivity index (χ1v) is 14.7. The first-order valence-electron chi connectivity index (χ1n) is 14.7. The molecular formula is C34H38N4NaO5+. The third kappa shape index (κ3) is 6.33. The van der Waals surface area contributed by atoms with Crippen LogP contribution >= 0.6 is 0 Å². The van der Waals surface area contributed by atoms with E-state index in [0.717, 1.165) is 90.1 Å². The third-order valence-electron chi connectivity index (χ3n) is 8.67. The number of allylic oxidation sites excluding steroid dienone is 4. The molecule has 1 atom stereocenters. The zero-order valence-electron chi connectivity index (χ0n) is 26.5. The van der Waals surface area contributed by atoms with Crippen molar-refractivity contribution in [3.8, 4) is 0 Å². The standard InChI is InChI=1S/C34H38N4O5.Na/c1-7-21-16(2)24-12-25-17(3)22(8-10-32(40)41)29(36-25)15-30-23(9-11-33(42)43)18(4)26(37-30)14-31-34(20(6)39)19(5)27(38-31)13-28(21)35-24;/h12-15,20,37-39H,7-11H2,1-6H3,(H,40,41)(H,42,43);/q;+1. The maximum absolute atomic E-state index is 11.6. The molecule has 5 heterocycles. The Balaban J connectivity index is 0.00000442. The quantitative estimate of drug-likeness (QED) is 0.242. The first-order chi connectivity index (χ1) is 20.4. The Morgan fingerprint density at radius 2 is 1.25 bits per heavy atom. The molecule has 1 unspecified atom stereocenters. The summed E-state index contributed by atoms with van der Waals surface area (Å²) in [6.45, 7) is 11.8. The molecule has 224 valence electrons. The number of rotatable bonds is 8. The van der Waals surface area contributed by atoms with E-state index in [1.807, 2.05) is 45.0 Å². The van der Waals surface area contributed by atoms with Crippen LogP contribution in [0.4, 0.5) is 0 Å². The minimum absolute atomic E-state index is 0. The number of aliphatic hydroxyl groups is 1. The Kier molecular flexibility index (Phi) is 10.0. The Labute approximate surface area is 278 Å². The van der Waals surface area contributed by atoms with Gasteiger partial charge in [0.1, 0.15) is 0 Å². The molecule has 0 saturated carbocycles. The fourth-order valence-electron chi connectivity index (χ4n) is 6.27. The predicted octanol–water partition coefficient (Wildman–Crippen LogP) is 4.14. The van der Waals surface area contributed by atoms with Gasteiger partial charge in [0.2, 0.25) is 0 Å². The molecule has 2 aliphatic rings. The molecule has 0 aliphatic carbocycles. The Morgan fingerprint density at radius 3 is 1.84 bits per heavy atom. The van der Waals surface area contributed by atoms with Crippen LogP contribution in [0, 0.1) is 13.8 Å². The van der Waals surface area contributed by atoms with E-state index in [9.17, 15) is 24.9 Å². The van der Waals surface area contributed by atoms with E-state index >= 15 is 0 Å². The predicted molar refractivity (Wildman–Crippen MR) is 169 cm³/mol. The van der Waals surface area contributed by atoms with Gasteiger partial charge in [0, 0.05) is 40.5 Å². The van der Waals surface area contributed by atoms with Gasteiger partial charge < -0.3 is 25.3 Å². The molecule has 9 nitrogen and oxygen atoms in total. The molecule has 3 aromatic heterocycles. The average Bonchev–Trinajstić information content (AvgIpc) is 3.59. The fraction of sp³-hybridized carbons (Fsp3) is 0.353. The van der Waals surface area contributed by atoms with Crippen LogP contribution in [0.2, 0.25) is 0 Å². The van der Waals surface area contributed by atoms with Gasteiger partial charge >= 0.3 is 41.5 Å². The average molecular weight is 606 g/mol. The van der Waals surface area contributed by atoms with Gasteiger partial charge in [0.25, 0.3) is 0 Å². The SMILES string of the molecule is CCC1=C(C)c2cc3nc(cc4[nH]c(cc5[nH]c(cc1n2)c(C)c5C(C)O)c(C)c4CCC(=O)O)C(CCC(=O)O)=C3C.[Na+]. The van der Waals surface area contributed by atoms with E-state index in [-0.39, 0.29) is 42.4 Å². The van der Waals surface area contributed by atoms with Crippen LogP contribution in [0.25, 0.3) is 44.4 Å². The largest absolute Gasteiger partial charge is 1.00 e. The van der Waals surface area contributed by atoms with Crippen molar-refractivity contribution in [2.24, 2.45) is 0 Å². The summed E-state index contributed by atoms with van der Waals surface area (Å²) < 4.78 is 0. The maximum atomic E-state index is 11.6. The number of nitrogens with zero attached hydrogens (tertiary/aromatic N) is 2. The molecular weight excluding hydrogens is 567 g/mol. The Bertz CT molecular complexity index is 1890. The van der Waals surface area contributed by atoms with Crippen LogP contribution < -0.4 is 29.6 Å². The number of aryl methyl sites for hydroxylation is 3. The van der Waals surface area contributed by atoms with Gasteiger partial charge in [-0.05, 0) is 117 Å². The molecule has 0 aromatic carbocycles. The number of hydrogen-bond acceptors (Lipinski definition) is 5. The summed E-state index contributed by atoms with van der Waals surface area (Å²) in [6.07, 6.45) is 0.609. The monoisotopic (exact) mass is 605 g/mol. The molecule has 5 N–H and O–H groups in total. The summed E-state index contributed by atoms with van der Waals surface area (Å²) in [6, 6.07) is 7.85. The summed E-state index contributed by atoms with van der Waals surface area (Å²) >= 11 is 0. The molecule has 2 aliphatic heterocycles. The molecule has 5 rings (SSSR count). The minimum atomic E-state index is -0.892. The molecule has 0 radical (unpaired) electrons. The zero-order valence-corrected chi connectivity index (χ0v) is 28.5. The number of carbonyl (C=O) groups is 2. The smallest absolute Gasteiger partial charge is 0.481 e. The van der Waals surface area contributed by atoms with Crippen molar-refractivity contribution in [3.05, 3.63) is 69.3 Å². The van der Waals surface area contributed by atoms with Crippen molar-refractivity contribution in [1.29, 1.82) is 0 Å². The van der Waals surface area contributed by atoms with E-state index in [2.05, 4.69) is 23.8 Å². The van der Waals surface area contributed by atoms with Crippen molar-refractivity contribution < 1.29 is 54.5 Å². The number of aliphatic carboxylic acids is 2. The van der Waals surface area contributed by atoms with Crippen molar-refractivity contribution in [1.82, 2.24) is 19.9 Å². The second kappa shape index (κ2) is 13.2. The van der Waals surface area contributed by atoms with Crippen LogP contribution in [-0.4, -0.2) is 47.2 Å². The van der Waals surface area contributed by atoms with Gasteiger partial charge in [-0.3, -0.25) is 9.59 Å². The van der Waals surface area contributed by atoms with Crippen molar-refractivity contribution >= 4 is 56.3 Å². The number of aliphatic hydroxyl groups excluding tert-OH is 1. The van der Waals surface area contributed by atoms with Gasteiger partial charge in [0.15, 0.2) is 0 Å². The van der Waals surface area contributed by atoms with Crippen molar-refractivity contribution in [3.63, 3.8) is 0 Å². The van der Waals surface area contributed by atoms with Crippen LogP contribution in [0.5, 0.6) is 0 Å². The summed E-state index contributed by atoms with van der Waals surface area (Å²) in [5, 5.41) is 29.7. The van der Waals surface area contributed by atoms with E-state index in [4.69, 9.17) is 9.97 Å². The molecule has 0 spiro atoms. The van der Waals surface area contributed by atoms with E-state index in [0.29, 0.717) is 18.5 Å².